The maximum Gasteiger partial charge on any atom is 0.402 e. The number of rotatable bonds is 11. The standard InChI is InChI=1S/C18H26N7O4P/c1-24(2)9-8-20-16-15-17(23-18(19)22-16)25(12-21-15)10-11-28-13-30(26,27)29-14-6-4-3-5-7-14/h3-7,12H,8-11,13H2,1-2H3,(H,26,27)(H3,19,20,22,23). The smallest absolute Gasteiger partial charge is 0.402 e. The molecule has 0 aliphatic carbocycles. The number of anilines is 2. The molecule has 0 saturated carbocycles. The van der Waals surface area contributed by atoms with E-state index in [2.05, 4.69) is 20.3 Å². The first kappa shape index (κ1) is 22.0. The van der Waals surface area contributed by atoms with Gasteiger partial charge < -0.3 is 34.7 Å². The van der Waals surface area contributed by atoms with Gasteiger partial charge in [0, 0.05) is 19.6 Å². The van der Waals surface area contributed by atoms with Crippen LogP contribution in [0.4, 0.5) is 11.8 Å². The second kappa shape index (κ2) is 9.86. The van der Waals surface area contributed by atoms with Gasteiger partial charge in [0.15, 0.2) is 23.3 Å². The number of hydrogen-bond acceptors (Lipinski definition) is 9. The lowest BCUT2D eigenvalue weighted by Gasteiger charge is -2.14. The number of hydrogen-bond donors (Lipinski definition) is 3. The summed E-state index contributed by atoms with van der Waals surface area (Å²) in [6, 6.07) is 8.44. The molecule has 162 valence electrons. The first-order valence-electron chi connectivity index (χ1n) is 9.35. The minimum Gasteiger partial charge on any atom is -0.423 e. The van der Waals surface area contributed by atoms with Gasteiger partial charge in [-0.15, -0.1) is 0 Å². The number of imidazole rings is 1. The van der Waals surface area contributed by atoms with E-state index in [1.807, 2.05) is 19.0 Å². The van der Waals surface area contributed by atoms with Gasteiger partial charge in [-0.25, -0.2) is 9.55 Å². The van der Waals surface area contributed by atoms with Crippen LogP contribution < -0.4 is 15.6 Å². The molecule has 2 aromatic heterocycles. The van der Waals surface area contributed by atoms with Crippen LogP contribution in [0.2, 0.25) is 0 Å². The zero-order valence-corrected chi connectivity index (χ0v) is 17.8. The highest BCUT2D eigenvalue weighted by Crippen LogP contribution is 2.42. The SMILES string of the molecule is CN(C)CCNc1nc(N)nc2c1ncn2CCOCP(=O)(O)Oc1ccccc1. The number of ether oxygens (including phenoxy) is 1. The van der Waals surface area contributed by atoms with Crippen molar-refractivity contribution in [1.82, 2.24) is 24.4 Å². The largest absolute Gasteiger partial charge is 0.423 e. The Morgan fingerprint density at radius 2 is 2.03 bits per heavy atom. The van der Waals surface area contributed by atoms with Crippen LogP contribution in [0.15, 0.2) is 36.7 Å². The number of aromatic nitrogens is 4. The van der Waals surface area contributed by atoms with Crippen LogP contribution in [0.25, 0.3) is 11.2 Å². The minimum atomic E-state index is -3.91. The quantitative estimate of drug-likeness (QED) is 0.300. The van der Waals surface area contributed by atoms with Crippen molar-refractivity contribution in [1.29, 1.82) is 0 Å². The Balaban J connectivity index is 1.57. The lowest BCUT2D eigenvalue weighted by atomic mass is 10.3. The van der Waals surface area contributed by atoms with Gasteiger partial charge in [-0.3, -0.25) is 0 Å². The number of para-hydroxylation sites is 1. The Labute approximate surface area is 174 Å². The highest BCUT2D eigenvalue weighted by molar-refractivity contribution is 7.53. The molecule has 0 fully saturated rings. The molecule has 0 aliphatic heterocycles. The van der Waals surface area contributed by atoms with Crippen LogP contribution in [-0.2, 0) is 15.8 Å². The van der Waals surface area contributed by atoms with Crippen LogP contribution in [0.5, 0.6) is 5.75 Å². The average molecular weight is 435 g/mol. The molecule has 3 aromatic rings. The van der Waals surface area contributed by atoms with Gasteiger partial charge in [0.25, 0.3) is 0 Å². The van der Waals surface area contributed by atoms with Gasteiger partial charge >= 0.3 is 7.60 Å². The van der Waals surface area contributed by atoms with Gasteiger partial charge in [-0.1, -0.05) is 18.2 Å². The average Bonchev–Trinajstić information content (AvgIpc) is 3.08. The molecule has 2 heterocycles. The van der Waals surface area contributed by atoms with Crippen molar-refractivity contribution in [3.05, 3.63) is 36.7 Å². The third kappa shape index (κ3) is 6.14. The van der Waals surface area contributed by atoms with Crippen molar-refractivity contribution in [2.45, 2.75) is 6.54 Å². The number of nitrogens with two attached hydrogens (primary N) is 1. The Morgan fingerprint density at radius 1 is 1.27 bits per heavy atom. The van der Waals surface area contributed by atoms with E-state index in [1.54, 1.807) is 41.2 Å². The zero-order valence-electron chi connectivity index (χ0n) is 16.9. The Morgan fingerprint density at radius 3 is 2.77 bits per heavy atom. The van der Waals surface area contributed by atoms with E-state index >= 15 is 0 Å². The summed E-state index contributed by atoms with van der Waals surface area (Å²) in [6.45, 7) is 2.05. The van der Waals surface area contributed by atoms with Crippen LogP contribution >= 0.6 is 7.60 Å². The lowest BCUT2D eigenvalue weighted by molar-refractivity contribution is 0.151. The molecule has 0 radical (unpaired) electrons. The van der Waals surface area contributed by atoms with Gasteiger partial charge in [0.05, 0.1) is 12.9 Å². The Bertz CT molecular complexity index is 1010. The summed E-state index contributed by atoms with van der Waals surface area (Å²) < 4.78 is 24.4. The number of benzene rings is 1. The lowest BCUT2D eigenvalue weighted by Crippen LogP contribution is -2.21. The van der Waals surface area contributed by atoms with Crippen molar-refractivity contribution >= 4 is 30.5 Å². The summed E-state index contributed by atoms with van der Waals surface area (Å²) in [4.78, 5) is 24.8. The van der Waals surface area contributed by atoms with Gasteiger partial charge in [0.2, 0.25) is 5.95 Å². The molecule has 0 saturated heterocycles. The molecule has 0 spiro atoms. The predicted molar refractivity (Wildman–Crippen MR) is 114 cm³/mol. The summed E-state index contributed by atoms with van der Waals surface area (Å²) in [7, 11) is 0.0530. The van der Waals surface area contributed by atoms with E-state index in [0.29, 0.717) is 35.8 Å². The maximum absolute atomic E-state index is 12.1. The van der Waals surface area contributed by atoms with Gasteiger partial charge in [-0.05, 0) is 26.2 Å². The van der Waals surface area contributed by atoms with E-state index in [4.69, 9.17) is 15.0 Å². The van der Waals surface area contributed by atoms with E-state index in [1.165, 1.54) is 0 Å². The third-order valence-electron chi connectivity index (χ3n) is 4.05. The molecule has 0 bridgehead atoms. The first-order chi connectivity index (χ1) is 14.3. The van der Waals surface area contributed by atoms with Crippen molar-refractivity contribution in [2.24, 2.45) is 0 Å². The third-order valence-corrected chi connectivity index (χ3v) is 5.06. The summed E-state index contributed by atoms with van der Waals surface area (Å²) in [5, 5.41) is 3.22. The molecule has 1 unspecified atom stereocenters. The monoisotopic (exact) mass is 435 g/mol. The second-order valence-corrected chi connectivity index (χ2v) is 8.57. The van der Waals surface area contributed by atoms with Gasteiger partial charge in [-0.2, -0.15) is 9.97 Å². The minimum absolute atomic E-state index is 0.133. The highest BCUT2D eigenvalue weighted by atomic mass is 31.2. The summed E-state index contributed by atoms with van der Waals surface area (Å²) in [5.74, 6) is 1.01. The van der Waals surface area contributed by atoms with E-state index in [-0.39, 0.29) is 12.6 Å². The molecule has 30 heavy (non-hydrogen) atoms. The molecule has 1 atom stereocenters. The molecule has 4 N–H and O–H groups in total. The first-order valence-corrected chi connectivity index (χ1v) is 11.1. The molecule has 12 heteroatoms. The normalized spacial score (nSPS) is 13.5. The summed E-state index contributed by atoms with van der Waals surface area (Å²) in [6.07, 6.45) is 1.18. The Kier molecular flexibility index (Phi) is 7.22. The van der Waals surface area contributed by atoms with Crippen molar-refractivity contribution in [3.8, 4) is 5.75 Å². The fourth-order valence-corrected chi connectivity index (χ4v) is 3.52. The highest BCUT2D eigenvalue weighted by Gasteiger charge is 2.21. The molecule has 11 nitrogen and oxygen atoms in total. The van der Waals surface area contributed by atoms with Crippen LogP contribution in [0.1, 0.15) is 0 Å². The van der Waals surface area contributed by atoms with Crippen molar-refractivity contribution in [3.63, 3.8) is 0 Å². The predicted octanol–water partition coefficient (Wildman–Crippen LogP) is 1.62. The number of nitrogens with one attached hydrogen (secondary N) is 1. The summed E-state index contributed by atoms with van der Waals surface area (Å²) >= 11 is 0. The topological polar surface area (TPSA) is 141 Å². The fourth-order valence-electron chi connectivity index (χ4n) is 2.66. The number of nitrogen functional groups attached to an aromatic ring is 1. The molecular formula is C18H26N7O4P. The molecule has 0 aliphatic rings. The molecule has 0 amide bonds. The van der Waals surface area contributed by atoms with Crippen LogP contribution in [0, 0.1) is 0 Å². The van der Waals surface area contributed by atoms with Gasteiger partial charge in [0.1, 0.15) is 5.75 Å². The van der Waals surface area contributed by atoms with Crippen molar-refractivity contribution in [2.75, 3.05) is 51.2 Å². The summed E-state index contributed by atoms with van der Waals surface area (Å²) in [5.41, 5.74) is 7.00. The van der Waals surface area contributed by atoms with Crippen molar-refractivity contribution < 1.29 is 18.7 Å². The number of likely N-dealkylation sites (N-methyl/N-ethyl adjacent to an activating group) is 1. The zero-order chi connectivity index (χ0) is 21.6. The van der Waals surface area contributed by atoms with E-state index in [0.717, 1.165) is 6.54 Å². The van der Waals surface area contributed by atoms with Crippen LogP contribution in [-0.4, -0.2) is 69.5 Å². The number of nitrogens with zero attached hydrogens (tertiary/aromatic N) is 5. The fraction of sp³-hybridized carbons (Fsp3) is 0.389. The van der Waals surface area contributed by atoms with E-state index < -0.39 is 13.9 Å². The molecular weight excluding hydrogens is 409 g/mol. The maximum atomic E-state index is 12.1. The second-order valence-electron chi connectivity index (χ2n) is 6.85. The van der Waals surface area contributed by atoms with E-state index in [9.17, 15) is 9.46 Å². The number of fused-ring (bicyclic) bond motifs is 1. The van der Waals surface area contributed by atoms with Crippen LogP contribution in [0.3, 0.4) is 0 Å². The molecule has 1 aromatic carbocycles. The molecule has 3 rings (SSSR count). The Hall–Kier alpha value is -2.72.